The third kappa shape index (κ3) is 33.1. The maximum atomic E-state index is 6.37. The van der Waals surface area contributed by atoms with Gasteiger partial charge < -0.3 is 14.2 Å². The van der Waals surface area contributed by atoms with Gasteiger partial charge in [0.2, 0.25) is 0 Å². The van der Waals surface area contributed by atoms with E-state index < -0.39 is 0 Å². The van der Waals surface area contributed by atoms with E-state index in [-0.39, 0.29) is 6.10 Å². The summed E-state index contributed by atoms with van der Waals surface area (Å²) in [4.78, 5) is 2.48. The molecule has 0 aromatic rings. The van der Waals surface area contributed by atoms with Crippen molar-refractivity contribution >= 4 is 0 Å². The molecule has 0 radical (unpaired) electrons. The average molecular weight is 658 g/mol. The minimum Gasteiger partial charge on any atom is -0.379 e. The number of rotatable bonds is 35. The van der Waals surface area contributed by atoms with Crippen LogP contribution in [0.4, 0.5) is 0 Å². The molecule has 274 valence electrons. The van der Waals surface area contributed by atoms with Crippen molar-refractivity contribution in [1.29, 1.82) is 0 Å². The summed E-state index contributed by atoms with van der Waals surface area (Å²) in [6.45, 7) is 11.6. The normalized spacial score (nSPS) is 15.4. The van der Waals surface area contributed by atoms with Gasteiger partial charge in [0, 0.05) is 32.8 Å². The Morgan fingerprint density at radius 3 is 1.43 bits per heavy atom. The molecule has 0 aliphatic carbocycles. The van der Waals surface area contributed by atoms with Gasteiger partial charge in [0.05, 0.1) is 25.9 Å². The van der Waals surface area contributed by atoms with Crippen LogP contribution in [0.5, 0.6) is 0 Å². The lowest BCUT2D eigenvalue weighted by Gasteiger charge is -2.30. The van der Waals surface area contributed by atoms with Gasteiger partial charge >= 0.3 is 0 Å². The summed E-state index contributed by atoms with van der Waals surface area (Å²) in [7, 11) is 0. The molecule has 1 atom stereocenters. The zero-order valence-electron chi connectivity index (χ0n) is 31.5. The first kappa shape index (κ1) is 43.8. The van der Waals surface area contributed by atoms with E-state index in [9.17, 15) is 0 Å². The highest BCUT2D eigenvalue weighted by atomic mass is 16.5. The highest BCUT2D eigenvalue weighted by Gasteiger charge is 2.17. The number of nitrogens with zero attached hydrogens (tertiary/aromatic N) is 1. The van der Waals surface area contributed by atoms with Gasteiger partial charge in [-0.1, -0.05) is 140 Å². The van der Waals surface area contributed by atoms with E-state index in [1.54, 1.807) is 0 Å². The fourth-order valence-corrected chi connectivity index (χ4v) is 5.97. The molecule has 1 heterocycles. The molecule has 47 heavy (non-hydrogen) atoms. The molecule has 4 heteroatoms. The van der Waals surface area contributed by atoms with Crippen molar-refractivity contribution in [3.8, 4) is 0 Å². The van der Waals surface area contributed by atoms with Crippen molar-refractivity contribution in [3.63, 3.8) is 0 Å². The Kier molecular flexibility index (Phi) is 35.1. The molecular weight excluding hydrogens is 578 g/mol. The highest BCUT2D eigenvalue weighted by Crippen LogP contribution is 2.11. The quantitative estimate of drug-likeness (QED) is 0.0501. The zero-order valence-corrected chi connectivity index (χ0v) is 31.5. The SMILES string of the molecule is CCCCCC=CCC=CCCCCCCCCOCC(CN1CCOCC1)OCCCCCCCCC=CCC=CCCCCC. The number of ether oxygens (including phenoxy) is 3. The minimum absolute atomic E-state index is 0.177. The molecule has 0 aromatic carbocycles. The predicted molar refractivity (Wildman–Crippen MR) is 207 cm³/mol. The Morgan fingerprint density at radius 2 is 0.936 bits per heavy atom. The summed E-state index contributed by atoms with van der Waals surface area (Å²) < 4.78 is 18.1. The molecule has 1 fully saturated rings. The van der Waals surface area contributed by atoms with Crippen LogP contribution in [0.1, 0.15) is 168 Å². The summed E-state index contributed by atoms with van der Waals surface area (Å²) in [6, 6.07) is 0. The van der Waals surface area contributed by atoms with E-state index in [1.165, 1.54) is 135 Å². The third-order valence-electron chi connectivity index (χ3n) is 9.06. The van der Waals surface area contributed by atoms with Gasteiger partial charge in [-0.15, -0.1) is 0 Å². The van der Waals surface area contributed by atoms with Crippen LogP contribution in [-0.2, 0) is 14.2 Å². The molecule has 4 nitrogen and oxygen atoms in total. The molecule has 0 aromatic heterocycles. The van der Waals surface area contributed by atoms with Crippen molar-refractivity contribution in [2.45, 2.75) is 174 Å². The first-order valence-electron chi connectivity index (χ1n) is 20.5. The van der Waals surface area contributed by atoms with Gasteiger partial charge in [0.25, 0.3) is 0 Å². The summed E-state index contributed by atoms with van der Waals surface area (Å²) in [5.74, 6) is 0. The van der Waals surface area contributed by atoms with Gasteiger partial charge in [0.1, 0.15) is 0 Å². The molecule has 1 unspecified atom stereocenters. The van der Waals surface area contributed by atoms with Gasteiger partial charge in [-0.25, -0.2) is 0 Å². The van der Waals surface area contributed by atoms with Crippen LogP contribution in [0.25, 0.3) is 0 Å². The molecule has 0 amide bonds. The number of morpholine rings is 1. The monoisotopic (exact) mass is 658 g/mol. The highest BCUT2D eigenvalue weighted by molar-refractivity contribution is 4.93. The average Bonchev–Trinajstić information content (AvgIpc) is 3.09. The second-order valence-electron chi connectivity index (χ2n) is 13.6. The van der Waals surface area contributed by atoms with Crippen molar-refractivity contribution in [3.05, 3.63) is 48.6 Å². The Hall–Kier alpha value is -1.20. The number of unbranched alkanes of at least 4 members (excludes halogenated alkanes) is 18. The van der Waals surface area contributed by atoms with Gasteiger partial charge in [-0.05, 0) is 77.0 Å². The Bertz CT molecular complexity index is 725. The first-order chi connectivity index (χ1) is 23.4. The number of hydrogen-bond donors (Lipinski definition) is 0. The summed E-state index contributed by atoms with van der Waals surface area (Å²) in [6.07, 6.45) is 49.7. The van der Waals surface area contributed by atoms with Crippen LogP contribution in [0.15, 0.2) is 48.6 Å². The van der Waals surface area contributed by atoms with Crippen LogP contribution in [-0.4, -0.2) is 63.7 Å². The topological polar surface area (TPSA) is 30.9 Å². The molecule has 1 aliphatic rings. The molecule has 0 spiro atoms. The maximum absolute atomic E-state index is 6.37. The van der Waals surface area contributed by atoms with E-state index in [0.717, 1.165) is 71.9 Å². The largest absolute Gasteiger partial charge is 0.379 e. The van der Waals surface area contributed by atoms with Crippen molar-refractivity contribution < 1.29 is 14.2 Å². The predicted octanol–water partition coefficient (Wildman–Crippen LogP) is 12.3. The van der Waals surface area contributed by atoms with Gasteiger partial charge in [0.15, 0.2) is 0 Å². The third-order valence-corrected chi connectivity index (χ3v) is 9.06. The molecule has 0 bridgehead atoms. The molecule has 1 aliphatic heterocycles. The number of hydrogen-bond acceptors (Lipinski definition) is 4. The summed E-state index contributed by atoms with van der Waals surface area (Å²) >= 11 is 0. The van der Waals surface area contributed by atoms with E-state index in [2.05, 4.69) is 67.4 Å². The molecule has 0 saturated carbocycles. The van der Waals surface area contributed by atoms with Crippen molar-refractivity contribution in [1.82, 2.24) is 4.90 Å². The lowest BCUT2D eigenvalue weighted by atomic mass is 10.1. The molecule has 1 saturated heterocycles. The lowest BCUT2D eigenvalue weighted by molar-refractivity contribution is -0.0496. The fourth-order valence-electron chi connectivity index (χ4n) is 5.97. The van der Waals surface area contributed by atoms with Crippen LogP contribution < -0.4 is 0 Å². The van der Waals surface area contributed by atoms with Gasteiger partial charge in [-0.3, -0.25) is 4.90 Å². The number of allylic oxidation sites excluding steroid dienone is 8. The Balaban J connectivity index is 2.01. The first-order valence-corrected chi connectivity index (χ1v) is 20.5. The van der Waals surface area contributed by atoms with Crippen molar-refractivity contribution in [2.24, 2.45) is 0 Å². The molecule has 1 rings (SSSR count). The second kappa shape index (κ2) is 37.6. The lowest BCUT2D eigenvalue weighted by Crippen LogP contribution is -2.43. The smallest absolute Gasteiger partial charge is 0.0934 e. The fraction of sp³-hybridized carbons (Fsp3) is 0.814. The maximum Gasteiger partial charge on any atom is 0.0934 e. The van der Waals surface area contributed by atoms with E-state index in [0.29, 0.717) is 0 Å². The van der Waals surface area contributed by atoms with Crippen LogP contribution in [0.2, 0.25) is 0 Å². The minimum atomic E-state index is 0.177. The van der Waals surface area contributed by atoms with E-state index >= 15 is 0 Å². The van der Waals surface area contributed by atoms with Crippen LogP contribution >= 0.6 is 0 Å². The zero-order chi connectivity index (χ0) is 33.6. The molecule has 0 N–H and O–H groups in total. The molecular formula is C43H79NO3. The van der Waals surface area contributed by atoms with Crippen molar-refractivity contribution in [2.75, 3.05) is 52.7 Å². The van der Waals surface area contributed by atoms with E-state index in [4.69, 9.17) is 14.2 Å². The summed E-state index contributed by atoms with van der Waals surface area (Å²) in [5, 5.41) is 0. The van der Waals surface area contributed by atoms with Crippen LogP contribution in [0.3, 0.4) is 0 Å². The van der Waals surface area contributed by atoms with Crippen LogP contribution in [0, 0.1) is 0 Å². The standard InChI is InChI=1S/C43H79NO3/c1-3-5-7-9-11-13-15-17-19-21-23-25-27-29-31-33-37-46-42-43(41-44-35-39-45-40-36-44)47-38-34-32-30-28-26-24-22-20-18-16-14-12-10-8-6-4-2/h11-14,17-20,43H,3-10,15-16,21-42H2,1-2H3. The Morgan fingerprint density at radius 1 is 0.511 bits per heavy atom. The van der Waals surface area contributed by atoms with Gasteiger partial charge in [-0.2, -0.15) is 0 Å². The van der Waals surface area contributed by atoms with E-state index in [1.807, 2.05) is 0 Å². The summed E-state index contributed by atoms with van der Waals surface area (Å²) in [5.41, 5.74) is 0. The second-order valence-corrected chi connectivity index (χ2v) is 13.6. The Labute approximate surface area is 293 Å².